The summed E-state index contributed by atoms with van der Waals surface area (Å²) in [7, 11) is 3.54. The molecule has 2 saturated carbocycles. The van der Waals surface area contributed by atoms with Crippen LogP contribution in [0.3, 0.4) is 0 Å². The van der Waals surface area contributed by atoms with E-state index in [0.717, 1.165) is 56.3 Å². The van der Waals surface area contributed by atoms with Crippen LogP contribution in [0.5, 0.6) is 5.75 Å². The van der Waals surface area contributed by atoms with Gasteiger partial charge in [0, 0.05) is 12.0 Å². The molecule has 1 unspecified atom stereocenters. The zero-order valence-corrected chi connectivity index (χ0v) is 17.4. The van der Waals surface area contributed by atoms with Crippen molar-refractivity contribution < 1.29 is 17.9 Å². The molecule has 1 N–H and O–H groups in total. The molecule has 2 heterocycles. The molecule has 0 amide bonds. The number of benzene rings is 1. The van der Waals surface area contributed by atoms with Crippen molar-refractivity contribution in [3.63, 3.8) is 0 Å². The minimum Gasteiger partial charge on any atom is -0.493 e. The first-order valence-corrected chi connectivity index (χ1v) is 12.3. The summed E-state index contributed by atoms with van der Waals surface area (Å²) in [4.78, 5) is 0. The third-order valence-corrected chi connectivity index (χ3v) is 7.53. The van der Waals surface area contributed by atoms with Gasteiger partial charge in [0.25, 0.3) is 0 Å². The molecule has 2 radical (unpaired) electrons. The highest BCUT2D eigenvalue weighted by atomic mass is 32.2. The monoisotopic (exact) mass is 403 g/mol. The third-order valence-electron chi connectivity index (χ3n) is 6.80. The van der Waals surface area contributed by atoms with E-state index in [0.29, 0.717) is 13.2 Å². The Hall–Kier alpha value is -1.05. The van der Waals surface area contributed by atoms with Crippen LogP contribution in [-0.4, -0.2) is 47.9 Å². The van der Waals surface area contributed by atoms with Crippen LogP contribution >= 0.6 is 0 Å². The van der Waals surface area contributed by atoms with E-state index in [2.05, 4.69) is 10.8 Å². The molecule has 0 spiro atoms. The molecular weight excluding hydrogens is 373 g/mol. The molecule has 152 valence electrons. The Morgan fingerprint density at radius 1 is 1.11 bits per heavy atom. The van der Waals surface area contributed by atoms with Crippen LogP contribution in [0.4, 0.5) is 0 Å². The lowest BCUT2D eigenvalue weighted by Crippen LogP contribution is -2.49. The number of hydrogen-bond acceptors (Lipinski definition) is 4. The molecule has 2 aliphatic carbocycles. The highest BCUT2D eigenvalue weighted by Gasteiger charge is 2.39. The Balaban J connectivity index is 1.63. The Bertz CT molecular complexity index is 791. The van der Waals surface area contributed by atoms with Gasteiger partial charge >= 0.3 is 0 Å². The molecule has 28 heavy (non-hydrogen) atoms. The van der Waals surface area contributed by atoms with Crippen molar-refractivity contribution in [2.75, 3.05) is 19.5 Å². The van der Waals surface area contributed by atoms with Gasteiger partial charge in [-0.1, -0.05) is 24.6 Å². The predicted molar refractivity (Wildman–Crippen MR) is 110 cm³/mol. The molecule has 3 atom stereocenters. The lowest BCUT2D eigenvalue weighted by molar-refractivity contribution is -0.0321. The zero-order chi connectivity index (χ0) is 19.8. The Labute approximate surface area is 170 Å². The van der Waals surface area contributed by atoms with Crippen LogP contribution < -0.4 is 9.46 Å². The summed E-state index contributed by atoms with van der Waals surface area (Å²) >= 11 is 0. The number of fused-ring (bicyclic) bond motifs is 4. The third kappa shape index (κ3) is 4.41. The van der Waals surface area contributed by atoms with Crippen molar-refractivity contribution in [3.05, 3.63) is 29.8 Å². The van der Waals surface area contributed by atoms with Crippen LogP contribution in [0.15, 0.2) is 24.3 Å². The molecule has 2 bridgehead atoms. The van der Waals surface area contributed by atoms with Crippen molar-refractivity contribution in [2.45, 2.75) is 62.4 Å². The van der Waals surface area contributed by atoms with Gasteiger partial charge in [-0.05, 0) is 61.4 Å². The van der Waals surface area contributed by atoms with Gasteiger partial charge in [-0.25, -0.2) is 13.1 Å². The number of hydrogen-bond donors (Lipinski definition) is 1. The molecule has 5 nitrogen and oxygen atoms in total. The molecule has 1 aromatic carbocycles. The topological polar surface area (TPSA) is 64.6 Å². The number of ether oxygens (including phenoxy) is 2. The van der Waals surface area contributed by atoms with E-state index in [1.54, 1.807) is 0 Å². The molecule has 5 rings (SSSR count). The van der Waals surface area contributed by atoms with E-state index < -0.39 is 10.0 Å². The number of sulfonamides is 1. The van der Waals surface area contributed by atoms with E-state index in [9.17, 15) is 8.42 Å². The molecule has 2 aliphatic heterocycles. The average Bonchev–Trinajstić information content (AvgIpc) is 2.65. The largest absolute Gasteiger partial charge is 0.493 e. The lowest BCUT2D eigenvalue weighted by Gasteiger charge is -2.43. The van der Waals surface area contributed by atoms with Crippen molar-refractivity contribution in [1.82, 2.24) is 4.72 Å². The normalized spacial score (nSPS) is 36.3. The summed E-state index contributed by atoms with van der Waals surface area (Å²) < 4.78 is 39.2. The average molecular weight is 403 g/mol. The predicted octanol–water partition coefficient (Wildman–Crippen LogP) is 2.74. The van der Waals surface area contributed by atoms with Crippen LogP contribution in [0.1, 0.15) is 50.5 Å². The summed E-state index contributed by atoms with van der Waals surface area (Å²) in [6, 6.07) is 8.04. The number of para-hydroxylation sites is 1. The van der Waals surface area contributed by atoms with E-state index in [4.69, 9.17) is 17.3 Å². The Morgan fingerprint density at radius 3 is 2.61 bits per heavy atom. The van der Waals surface area contributed by atoms with Crippen LogP contribution in [0.25, 0.3) is 0 Å². The second kappa shape index (κ2) is 8.00. The van der Waals surface area contributed by atoms with E-state index in [1.807, 2.05) is 18.2 Å². The van der Waals surface area contributed by atoms with Crippen molar-refractivity contribution in [1.29, 1.82) is 0 Å². The van der Waals surface area contributed by atoms with E-state index in [-0.39, 0.29) is 29.3 Å². The first-order valence-electron chi connectivity index (χ1n) is 10.4. The maximum Gasteiger partial charge on any atom is 0.208 e. The SMILES string of the molecule is [B]C12CCC(CC1)OC[C@@H]1C(CCC[C@@H]1NS(C)(=O)=O)COc1ccccc12. The second-order valence-electron chi connectivity index (χ2n) is 8.85. The first kappa shape index (κ1) is 20.2. The number of rotatable bonds is 2. The van der Waals surface area contributed by atoms with Gasteiger partial charge in [0.2, 0.25) is 10.0 Å². The smallest absolute Gasteiger partial charge is 0.208 e. The van der Waals surface area contributed by atoms with Crippen LogP contribution in [0, 0.1) is 11.8 Å². The fourth-order valence-electron chi connectivity index (χ4n) is 5.23. The minimum absolute atomic E-state index is 0.0901. The summed E-state index contributed by atoms with van der Waals surface area (Å²) in [5.74, 6) is 1.26. The van der Waals surface area contributed by atoms with E-state index in [1.165, 1.54) is 6.26 Å². The van der Waals surface area contributed by atoms with Gasteiger partial charge in [0.1, 0.15) is 5.75 Å². The van der Waals surface area contributed by atoms with Gasteiger partial charge in [-0.2, -0.15) is 0 Å². The van der Waals surface area contributed by atoms with Crippen LogP contribution in [-0.2, 0) is 20.1 Å². The fourth-order valence-corrected chi connectivity index (χ4v) is 6.07. The quantitative estimate of drug-likeness (QED) is 0.772. The highest BCUT2D eigenvalue weighted by Crippen LogP contribution is 2.43. The molecular formula is C21H30BNO4S. The van der Waals surface area contributed by atoms with Crippen molar-refractivity contribution in [2.24, 2.45) is 11.8 Å². The van der Waals surface area contributed by atoms with Gasteiger partial charge in [-0.3, -0.25) is 0 Å². The standard InChI is InChI=1S/C21H30BNO4S/c1-28(24,25)23-19-7-4-5-15-13-27-20-8-3-2-6-18(20)21(22)11-9-16(10-12-21)26-14-17(15)19/h2-3,6,8,15-17,19,23H,4-5,7,9-14H2,1H3/t15?,16?,17-,19+,21?/m1/s1. The van der Waals surface area contributed by atoms with Gasteiger partial charge in [0.05, 0.1) is 33.4 Å². The van der Waals surface area contributed by atoms with Crippen molar-refractivity contribution in [3.8, 4) is 5.75 Å². The lowest BCUT2D eigenvalue weighted by atomic mass is 9.56. The van der Waals surface area contributed by atoms with E-state index >= 15 is 0 Å². The minimum atomic E-state index is -3.26. The fraction of sp³-hybridized carbons (Fsp3) is 0.714. The van der Waals surface area contributed by atoms with Gasteiger partial charge < -0.3 is 9.47 Å². The summed E-state index contributed by atoms with van der Waals surface area (Å²) in [5, 5.41) is -0.359. The molecule has 0 saturated heterocycles. The highest BCUT2D eigenvalue weighted by molar-refractivity contribution is 7.88. The summed E-state index contributed by atoms with van der Waals surface area (Å²) in [6.07, 6.45) is 7.89. The zero-order valence-electron chi connectivity index (χ0n) is 16.6. The maximum absolute atomic E-state index is 11.9. The summed E-state index contributed by atoms with van der Waals surface area (Å²) in [5.41, 5.74) is 1.09. The van der Waals surface area contributed by atoms with Gasteiger partial charge in [-0.15, -0.1) is 0 Å². The summed E-state index contributed by atoms with van der Waals surface area (Å²) in [6.45, 7) is 1.14. The molecule has 0 aromatic heterocycles. The molecule has 7 heteroatoms. The van der Waals surface area contributed by atoms with Gasteiger partial charge in [0.15, 0.2) is 0 Å². The second-order valence-corrected chi connectivity index (χ2v) is 10.6. The molecule has 1 aromatic rings. The molecule has 4 aliphatic rings. The number of nitrogens with one attached hydrogen (secondary N) is 1. The van der Waals surface area contributed by atoms with Crippen LogP contribution in [0.2, 0.25) is 0 Å². The maximum atomic E-state index is 11.9. The first-order chi connectivity index (χ1) is 13.3. The Morgan fingerprint density at radius 2 is 1.86 bits per heavy atom. The molecule has 2 fully saturated rings. The Kier molecular flexibility index (Phi) is 5.78. The van der Waals surface area contributed by atoms with Crippen molar-refractivity contribution >= 4 is 17.9 Å².